The summed E-state index contributed by atoms with van der Waals surface area (Å²) in [7, 11) is 5.05. The Morgan fingerprint density at radius 1 is 0.833 bits per heavy atom. The number of aromatic nitrogens is 3. The van der Waals surface area contributed by atoms with Gasteiger partial charge in [-0.3, -0.25) is 24.6 Å². The molecule has 0 aliphatic carbocycles. The molecule has 15 heteroatoms. The number of benzene rings is 1. The number of carbonyl (C=O) groups excluding carboxylic acids is 4. The zero-order chi connectivity index (χ0) is 35.1. The third kappa shape index (κ3) is 8.32. The van der Waals surface area contributed by atoms with Gasteiger partial charge in [-0.05, 0) is 54.8 Å². The maximum Gasteiger partial charge on any atom is 0.272 e. The van der Waals surface area contributed by atoms with Crippen LogP contribution in [0.3, 0.4) is 0 Å². The van der Waals surface area contributed by atoms with Crippen LogP contribution in [0.1, 0.15) is 66.3 Å². The van der Waals surface area contributed by atoms with Crippen molar-refractivity contribution in [2.75, 3.05) is 34.6 Å². The van der Waals surface area contributed by atoms with Crippen molar-refractivity contribution in [3.63, 3.8) is 0 Å². The van der Waals surface area contributed by atoms with Crippen molar-refractivity contribution >= 4 is 58.1 Å². The average molecular weight is 677 g/mol. The number of nitrogens with one attached hydrogen (secondary N) is 5. The zero-order valence-corrected chi connectivity index (χ0v) is 28.4. The number of aryl methyl sites for hydroxylation is 5. The van der Waals surface area contributed by atoms with Crippen molar-refractivity contribution in [3.8, 4) is 0 Å². The first-order chi connectivity index (χ1) is 22.8. The average Bonchev–Trinajstić information content (AvgIpc) is 3.72. The second-order valence-electron chi connectivity index (χ2n) is 11.3. The van der Waals surface area contributed by atoms with Crippen molar-refractivity contribution in [2.24, 2.45) is 26.9 Å². The van der Waals surface area contributed by atoms with Gasteiger partial charge in [0.1, 0.15) is 17.1 Å². The summed E-state index contributed by atoms with van der Waals surface area (Å²) in [6.07, 6.45) is 5.97. The lowest BCUT2D eigenvalue weighted by atomic mass is 10.0. The smallest absolute Gasteiger partial charge is 0.272 e. The fourth-order valence-electron chi connectivity index (χ4n) is 5.19. The zero-order valence-electron chi connectivity index (χ0n) is 27.6. The summed E-state index contributed by atoms with van der Waals surface area (Å²) in [6, 6.07) is 10.3. The molecule has 14 nitrogen and oxygen atoms in total. The van der Waals surface area contributed by atoms with E-state index in [1.165, 1.54) is 17.1 Å². The minimum absolute atomic E-state index is 0.0283. The first kappa shape index (κ1) is 35.5. The Labute approximate surface area is 283 Å². The number of nitrogens with two attached hydrogens (primary N) is 1. The second-order valence-corrected chi connectivity index (χ2v) is 11.7. The van der Waals surface area contributed by atoms with E-state index in [1.807, 2.05) is 19.1 Å². The van der Waals surface area contributed by atoms with Crippen LogP contribution in [0.5, 0.6) is 0 Å². The largest absolute Gasteiger partial charge is 0.388 e. The molecule has 48 heavy (non-hydrogen) atoms. The van der Waals surface area contributed by atoms with Crippen molar-refractivity contribution in [1.82, 2.24) is 24.4 Å². The van der Waals surface area contributed by atoms with E-state index in [4.69, 9.17) is 22.7 Å². The van der Waals surface area contributed by atoms with E-state index in [1.54, 1.807) is 65.6 Å². The van der Waals surface area contributed by atoms with E-state index in [0.717, 1.165) is 17.5 Å². The maximum atomic E-state index is 13.6. The number of anilines is 3. The molecule has 4 aromatic rings. The Kier molecular flexibility index (Phi) is 11.5. The molecule has 0 bridgehead atoms. The monoisotopic (exact) mass is 676 g/mol. The molecular weight excluding hydrogens is 636 g/mol. The number of nitrogens with zero attached hydrogens (tertiary/aromatic N) is 4. The van der Waals surface area contributed by atoms with Gasteiger partial charge in [0.2, 0.25) is 0 Å². The van der Waals surface area contributed by atoms with Gasteiger partial charge in [-0.15, -0.1) is 11.6 Å². The van der Waals surface area contributed by atoms with Crippen LogP contribution in [-0.2, 0) is 27.6 Å². The SMILES string of the molecule is CCc1ccc(C(=O)N(NCCCl)c2cc(C(=O)Nc3cc(C(=O)Nc4cc(C(=O)NCCC(=N)N)n(C)c4)n(C)c3)n(C)c2)cc1C. The molecule has 0 spiro atoms. The van der Waals surface area contributed by atoms with Crippen LogP contribution in [0.25, 0.3) is 0 Å². The van der Waals surface area contributed by atoms with Gasteiger partial charge in [0, 0.05) is 70.7 Å². The number of hydrazine groups is 1. The maximum absolute atomic E-state index is 13.6. The molecule has 4 amide bonds. The van der Waals surface area contributed by atoms with Gasteiger partial charge in [-0.1, -0.05) is 13.0 Å². The number of hydrogen-bond donors (Lipinski definition) is 6. The normalized spacial score (nSPS) is 10.9. The quantitative estimate of drug-likeness (QED) is 0.0514. The van der Waals surface area contributed by atoms with Gasteiger partial charge >= 0.3 is 0 Å². The molecule has 0 aliphatic rings. The van der Waals surface area contributed by atoms with E-state index < -0.39 is 11.8 Å². The summed E-state index contributed by atoms with van der Waals surface area (Å²) in [4.78, 5) is 52.6. The van der Waals surface area contributed by atoms with Crippen LogP contribution in [0.15, 0.2) is 55.0 Å². The Hall–Kier alpha value is -5.34. The lowest BCUT2D eigenvalue weighted by Gasteiger charge is -2.22. The van der Waals surface area contributed by atoms with Gasteiger partial charge in [0.25, 0.3) is 23.6 Å². The first-order valence-corrected chi connectivity index (χ1v) is 15.8. The van der Waals surface area contributed by atoms with Crippen LogP contribution in [0.4, 0.5) is 17.1 Å². The molecule has 0 unspecified atom stereocenters. The molecule has 0 aliphatic heterocycles. The minimum atomic E-state index is -0.449. The van der Waals surface area contributed by atoms with E-state index >= 15 is 0 Å². The Bertz CT molecular complexity index is 1850. The third-order valence-electron chi connectivity index (χ3n) is 7.69. The molecule has 3 heterocycles. The standard InChI is InChI=1S/C33H41ClN10O4/c1-6-21-7-8-22(13-20(21)2)33(48)44(38-12-10-34)25-16-28(43(5)19-25)32(47)40-24-15-27(42(4)18-24)31(46)39-23-14-26(41(3)17-23)30(45)37-11-9-29(35)36/h7-8,13-19,38H,6,9-12H2,1-5H3,(H3,35,36)(H,37,45)(H,39,46)(H,40,47). The fourth-order valence-corrected chi connectivity index (χ4v) is 5.28. The highest BCUT2D eigenvalue weighted by Crippen LogP contribution is 2.23. The van der Waals surface area contributed by atoms with Crippen molar-refractivity contribution in [1.29, 1.82) is 5.41 Å². The van der Waals surface area contributed by atoms with Crippen molar-refractivity contribution < 1.29 is 19.2 Å². The number of amides is 4. The molecule has 0 radical (unpaired) electrons. The van der Waals surface area contributed by atoms with E-state index in [-0.39, 0.29) is 47.9 Å². The van der Waals surface area contributed by atoms with E-state index in [9.17, 15) is 19.2 Å². The third-order valence-corrected chi connectivity index (χ3v) is 7.88. The van der Waals surface area contributed by atoms with E-state index in [0.29, 0.717) is 34.9 Å². The summed E-state index contributed by atoms with van der Waals surface area (Å²) in [5.74, 6) is -1.31. The Morgan fingerprint density at radius 2 is 1.40 bits per heavy atom. The number of halogens is 1. The van der Waals surface area contributed by atoms with Crippen LogP contribution in [0, 0.1) is 12.3 Å². The molecule has 0 atom stereocenters. The summed E-state index contributed by atoms with van der Waals surface area (Å²) in [6.45, 7) is 4.57. The minimum Gasteiger partial charge on any atom is -0.388 e. The summed E-state index contributed by atoms with van der Waals surface area (Å²) < 4.78 is 4.76. The lowest BCUT2D eigenvalue weighted by molar-refractivity contribution is 0.0943. The molecule has 4 rings (SSSR count). The van der Waals surface area contributed by atoms with Gasteiger partial charge in [-0.2, -0.15) is 0 Å². The van der Waals surface area contributed by atoms with Crippen molar-refractivity contribution in [3.05, 3.63) is 88.8 Å². The Balaban J connectivity index is 1.46. The topological polar surface area (TPSA) is 184 Å². The van der Waals surface area contributed by atoms with Gasteiger partial charge in [0.15, 0.2) is 0 Å². The Morgan fingerprint density at radius 3 is 1.94 bits per heavy atom. The number of hydrogen-bond acceptors (Lipinski definition) is 6. The highest BCUT2D eigenvalue weighted by Gasteiger charge is 2.23. The summed E-state index contributed by atoms with van der Waals surface area (Å²) >= 11 is 5.93. The van der Waals surface area contributed by atoms with Crippen LogP contribution >= 0.6 is 11.6 Å². The number of rotatable bonds is 14. The van der Waals surface area contributed by atoms with E-state index in [2.05, 4.69) is 28.3 Å². The molecular formula is C33H41ClN10O4. The predicted molar refractivity (Wildman–Crippen MR) is 187 cm³/mol. The molecule has 0 fully saturated rings. The first-order valence-electron chi connectivity index (χ1n) is 15.3. The lowest BCUT2D eigenvalue weighted by Crippen LogP contribution is -2.44. The highest BCUT2D eigenvalue weighted by molar-refractivity contribution is 6.18. The molecule has 1 aromatic carbocycles. The molecule has 0 saturated heterocycles. The molecule has 7 N–H and O–H groups in total. The van der Waals surface area contributed by atoms with Crippen LogP contribution in [0.2, 0.25) is 0 Å². The van der Waals surface area contributed by atoms with Gasteiger partial charge in [0.05, 0.1) is 22.9 Å². The van der Waals surface area contributed by atoms with Gasteiger partial charge in [-0.25, -0.2) is 10.4 Å². The van der Waals surface area contributed by atoms with Crippen LogP contribution < -0.4 is 32.1 Å². The molecule has 254 valence electrons. The second kappa shape index (κ2) is 15.5. The number of carbonyl (C=O) groups is 4. The van der Waals surface area contributed by atoms with Gasteiger partial charge < -0.3 is 35.4 Å². The summed E-state index contributed by atoms with van der Waals surface area (Å²) in [5.41, 5.74) is 13.2. The number of alkyl halides is 1. The molecule has 0 saturated carbocycles. The number of amidine groups is 1. The highest BCUT2D eigenvalue weighted by atomic mass is 35.5. The van der Waals surface area contributed by atoms with Crippen LogP contribution in [-0.4, -0.2) is 62.1 Å². The fraction of sp³-hybridized carbons (Fsp3) is 0.303. The predicted octanol–water partition coefficient (Wildman–Crippen LogP) is 3.52. The summed E-state index contributed by atoms with van der Waals surface area (Å²) in [5, 5.41) is 17.0. The molecule has 3 aromatic heterocycles. The van der Waals surface area contributed by atoms with Crippen molar-refractivity contribution in [2.45, 2.75) is 26.7 Å².